The summed E-state index contributed by atoms with van der Waals surface area (Å²) in [5, 5.41) is 3.08. The summed E-state index contributed by atoms with van der Waals surface area (Å²) in [5.74, 6) is 1.17. The van der Waals surface area contributed by atoms with Crippen molar-refractivity contribution >= 4 is 5.91 Å². The zero-order chi connectivity index (χ0) is 10.9. The fraction of sp³-hybridized carbons (Fsp3) is 0.583. The van der Waals surface area contributed by atoms with Gasteiger partial charge in [0.15, 0.2) is 0 Å². The number of carbonyl (C=O) groups excluding carboxylic acids is 1. The van der Waals surface area contributed by atoms with Gasteiger partial charge in [-0.3, -0.25) is 4.79 Å². The van der Waals surface area contributed by atoms with Crippen molar-refractivity contribution in [2.75, 3.05) is 0 Å². The second-order valence-electron chi connectivity index (χ2n) is 4.39. The van der Waals surface area contributed by atoms with Crippen molar-refractivity contribution < 1.29 is 9.21 Å². The molecule has 3 heteroatoms. The molecule has 1 fully saturated rings. The predicted octanol–water partition coefficient (Wildman–Crippen LogP) is 2.19. The van der Waals surface area contributed by atoms with Gasteiger partial charge in [0, 0.05) is 18.4 Å². The molecule has 1 amide bonds. The normalized spacial score (nSPS) is 25.6. The van der Waals surface area contributed by atoms with Crippen LogP contribution in [0.15, 0.2) is 16.7 Å². The molecule has 1 unspecified atom stereocenters. The van der Waals surface area contributed by atoms with E-state index in [4.69, 9.17) is 4.42 Å². The SMILES string of the molecule is CCC1(Cc2occc2C)CCC(=O)N1. The van der Waals surface area contributed by atoms with Crippen molar-refractivity contribution in [3.63, 3.8) is 0 Å². The Morgan fingerprint density at radius 1 is 1.60 bits per heavy atom. The average Bonchev–Trinajstić information content (AvgIpc) is 2.76. The molecule has 0 aliphatic carbocycles. The van der Waals surface area contributed by atoms with Gasteiger partial charge >= 0.3 is 0 Å². The third-order valence-corrected chi connectivity index (χ3v) is 3.38. The molecule has 0 saturated carbocycles. The highest BCUT2D eigenvalue weighted by molar-refractivity contribution is 5.79. The lowest BCUT2D eigenvalue weighted by atomic mass is 9.88. The Bertz CT molecular complexity index is 369. The van der Waals surface area contributed by atoms with Crippen LogP contribution in [0.2, 0.25) is 0 Å². The van der Waals surface area contributed by atoms with Crippen LogP contribution >= 0.6 is 0 Å². The van der Waals surface area contributed by atoms with Crippen LogP contribution < -0.4 is 5.32 Å². The molecule has 1 saturated heterocycles. The van der Waals surface area contributed by atoms with E-state index in [2.05, 4.69) is 12.2 Å². The van der Waals surface area contributed by atoms with Crippen LogP contribution in [0.5, 0.6) is 0 Å². The van der Waals surface area contributed by atoms with E-state index in [9.17, 15) is 4.79 Å². The monoisotopic (exact) mass is 207 g/mol. The van der Waals surface area contributed by atoms with E-state index in [1.807, 2.05) is 13.0 Å². The molecule has 1 aromatic heterocycles. The molecule has 0 bridgehead atoms. The number of nitrogens with one attached hydrogen (secondary N) is 1. The zero-order valence-corrected chi connectivity index (χ0v) is 9.30. The van der Waals surface area contributed by atoms with Gasteiger partial charge in [-0.15, -0.1) is 0 Å². The lowest BCUT2D eigenvalue weighted by molar-refractivity contribution is -0.119. The number of amides is 1. The Labute approximate surface area is 89.9 Å². The standard InChI is InChI=1S/C12H17NO2/c1-3-12(6-4-11(14)13-12)8-10-9(2)5-7-15-10/h5,7H,3-4,6,8H2,1-2H3,(H,13,14). The fourth-order valence-corrected chi connectivity index (χ4v) is 2.19. The van der Waals surface area contributed by atoms with E-state index < -0.39 is 0 Å². The molecule has 0 radical (unpaired) electrons. The third-order valence-electron chi connectivity index (χ3n) is 3.38. The van der Waals surface area contributed by atoms with E-state index in [-0.39, 0.29) is 11.4 Å². The Morgan fingerprint density at radius 3 is 2.87 bits per heavy atom. The van der Waals surface area contributed by atoms with Crippen molar-refractivity contribution in [1.29, 1.82) is 0 Å². The number of furan rings is 1. The molecule has 3 nitrogen and oxygen atoms in total. The van der Waals surface area contributed by atoms with Gasteiger partial charge in [-0.1, -0.05) is 6.92 Å². The highest BCUT2D eigenvalue weighted by Gasteiger charge is 2.37. The summed E-state index contributed by atoms with van der Waals surface area (Å²) < 4.78 is 5.44. The summed E-state index contributed by atoms with van der Waals surface area (Å²) in [6.45, 7) is 4.16. The van der Waals surface area contributed by atoms with Crippen LogP contribution in [0.1, 0.15) is 37.5 Å². The van der Waals surface area contributed by atoms with Crippen LogP contribution in [0.4, 0.5) is 0 Å². The minimum atomic E-state index is -0.0697. The van der Waals surface area contributed by atoms with Crippen molar-refractivity contribution in [2.45, 2.75) is 45.1 Å². The molecule has 0 spiro atoms. The largest absolute Gasteiger partial charge is 0.469 e. The zero-order valence-electron chi connectivity index (χ0n) is 9.30. The Hall–Kier alpha value is -1.25. The quantitative estimate of drug-likeness (QED) is 0.825. The lowest BCUT2D eigenvalue weighted by Gasteiger charge is -2.26. The van der Waals surface area contributed by atoms with Crippen molar-refractivity contribution in [2.24, 2.45) is 0 Å². The van der Waals surface area contributed by atoms with E-state index in [0.717, 1.165) is 25.0 Å². The second kappa shape index (κ2) is 3.72. The van der Waals surface area contributed by atoms with E-state index in [0.29, 0.717) is 6.42 Å². The molecule has 1 atom stereocenters. The summed E-state index contributed by atoms with van der Waals surface area (Å²) >= 11 is 0. The van der Waals surface area contributed by atoms with Crippen molar-refractivity contribution in [3.8, 4) is 0 Å². The maximum absolute atomic E-state index is 11.3. The molecule has 1 N–H and O–H groups in total. The van der Waals surface area contributed by atoms with E-state index >= 15 is 0 Å². The first-order valence-electron chi connectivity index (χ1n) is 5.49. The summed E-state index contributed by atoms with van der Waals surface area (Å²) in [5.41, 5.74) is 1.10. The summed E-state index contributed by atoms with van der Waals surface area (Å²) in [6, 6.07) is 1.97. The highest BCUT2D eigenvalue weighted by atomic mass is 16.3. The molecule has 2 rings (SSSR count). The number of hydrogen-bond donors (Lipinski definition) is 1. The molecule has 15 heavy (non-hydrogen) atoms. The summed E-state index contributed by atoms with van der Waals surface area (Å²) in [7, 11) is 0. The topological polar surface area (TPSA) is 42.2 Å². The van der Waals surface area contributed by atoms with Crippen molar-refractivity contribution in [1.82, 2.24) is 5.32 Å². The third kappa shape index (κ3) is 1.91. The van der Waals surface area contributed by atoms with Gasteiger partial charge in [0.25, 0.3) is 0 Å². The lowest BCUT2D eigenvalue weighted by Crippen LogP contribution is -2.42. The number of aryl methyl sites for hydroxylation is 1. The maximum Gasteiger partial charge on any atom is 0.220 e. The predicted molar refractivity (Wildman–Crippen MR) is 57.5 cm³/mol. The average molecular weight is 207 g/mol. The van der Waals surface area contributed by atoms with Crippen LogP contribution in [0.25, 0.3) is 0 Å². The number of carbonyl (C=O) groups is 1. The Balaban J connectivity index is 2.15. The van der Waals surface area contributed by atoms with Gasteiger partial charge in [-0.2, -0.15) is 0 Å². The van der Waals surface area contributed by atoms with Gasteiger partial charge in [-0.25, -0.2) is 0 Å². The fourth-order valence-electron chi connectivity index (χ4n) is 2.19. The molecule has 0 aromatic carbocycles. The maximum atomic E-state index is 11.3. The number of hydrogen-bond acceptors (Lipinski definition) is 2. The van der Waals surface area contributed by atoms with Gasteiger partial charge < -0.3 is 9.73 Å². The van der Waals surface area contributed by atoms with Gasteiger partial charge in [0.05, 0.1) is 6.26 Å². The van der Waals surface area contributed by atoms with Crippen LogP contribution in [0.3, 0.4) is 0 Å². The number of rotatable bonds is 3. The Kier molecular flexibility index (Phi) is 2.55. The van der Waals surface area contributed by atoms with Gasteiger partial charge in [-0.05, 0) is 31.4 Å². The molecule has 2 heterocycles. The van der Waals surface area contributed by atoms with Crippen LogP contribution in [-0.2, 0) is 11.2 Å². The van der Waals surface area contributed by atoms with Crippen molar-refractivity contribution in [3.05, 3.63) is 23.7 Å². The van der Waals surface area contributed by atoms with Gasteiger partial charge in [0.2, 0.25) is 5.91 Å². The first-order chi connectivity index (χ1) is 7.15. The first kappa shape index (κ1) is 10.3. The first-order valence-corrected chi connectivity index (χ1v) is 5.49. The van der Waals surface area contributed by atoms with E-state index in [1.165, 1.54) is 5.56 Å². The molecular weight excluding hydrogens is 190 g/mol. The molecule has 1 aliphatic heterocycles. The summed E-state index contributed by atoms with van der Waals surface area (Å²) in [6.07, 6.45) is 5.05. The summed E-state index contributed by atoms with van der Waals surface area (Å²) in [4.78, 5) is 11.3. The minimum absolute atomic E-state index is 0.0697. The van der Waals surface area contributed by atoms with Gasteiger partial charge in [0.1, 0.15) is 5.76 Å². The van der Waals surface area contributed by atoms with E-state index in [1.54, 1.807) is 6.26 Å². The smallest absolute Gasteiger partial charge is 0.220 e. The molecule has 1 aliphatic rings. The van der Waals surface area contributed by atoms with Crippen LogP contribution in [-0.4, -0.2) is 11.4 Å². The molecule has 82 valence electrons. The second-order valence-corrected chi connectivity index (χ2v) is 4.39. The Morgan fingerprint density at radius 2 is 2.40 bits per heavy atom. The molecule has 1 aromatic rings. The highest BCUT2D eigenvalue weighted by Crippen LogP contribution is 2.29. The van der Waals surface area contributed by atoms with Crippen LogP contribution in [0, 0.1) is 6.92 Å². The minimum Gasteiger partial charge on any atom is -0.469 e. The molecular formula is C12H17NO2.